The number of hydrogen-bond donors (Lipinski definition) is 0. The van der Waals surface area contributed by atoms with Crippen LogP contribution in [0.1, 0.15) is 28.7 Å². The first kappa shape index (κ1) is 21.7. The lowest BCUT2D eigenvalue weighted by atomic mass is 10.1. The molecule has 0 bridgehead atoms. The van der Waals surface area contributed by atoms with Crippen LogP contribution in [0.2, 0.25) is 0 Å². The van der Waals surface area contributed by atoms with E-state index in [0.29, 0.717) is 16.8 Å². The van der Waals surface area contributed by atoms with Crippen LogP contribution in [0.25, 0.3) is 11.0 Å². The van der Waals surface area contributed by atoms with Crippen molar-refractivity contribution in [3.8, 4) is 0 Å². The Hall–Kier alpha value is -3.56. The molecule has 0 unspecified atom stereocenters. The van der Waals surface area contributed by atoms with Crippen molar-refractivity contribution in [3.05, 3.63) is 76.7 Å². The minimum Gasteiger partial charge on any atom is -0.453 e. The first-order chi connectivity index (χ1) is 15.5. The average molecular weight is 454 g/mol. The number of nitrogens with zero attached hydrogens (tertiary/aromatic N) is 2. The summed E-state index contributed by atoms with van der Waals surface area (Å²) in [6.45, 7) is 1.38. The predicted octanol–water partition coefficient (Wildman–Crippen LogP) is 5.22. The molecule has 7 nitrogen and oxygen atoms in total. The van der Waals surface area contributed by atoms with Crippen LogP contribution >= 0.6 is 11.3 Å². The van der Waals surface area contributed by atoms with Crippen LogP contribution < -0.4 is 4.90 Å². The van der Waals surface area contributed by atoms with Crippen LogP contribution in [-0.2, 0) is 27.5 Å². The Balaban J connectivity index is 1.53. The molecule has 4 rings (SSSR count). The zero-order valence-electron chi connectivity index (χ0n) is 17.3. The second-order valence-corrected chi connectivity index (χ2v) is 7.68. The maximum absolute atomic E-state index is 14.2. The molecule has 1 amide bonds. The van der Waals surface area contributed by atoms with Gasteiger partial charge in [0.05, 0.1) is 18.0 Å². The van der Waals surface area contributed by atoms with Gasteiger partial charge in [0.2, 0.25) is 11.7 Å². The lowest BCUT2D eigenvalue weighted by Gasteiger charge is -2.18. The Morgan fingerprint density at radius 1 is 1.12 bits per heavy atom. The maximum atomic E-state index is 14.2. The summed E-state index contributed by atoms with van der Waals surface area (Å²) in [5.41, 5.74) is 1.69. The molecule has 0 atom stereocenters. The van der Waals surface area contributed by atoms with Crippen LogP contribution in [0.5, 0.6) is 0 Å². The van der Waals surface area contributed by atoms with Gasteiger partial charge in [0.1, 0.15) is 18.0 Å². The molecule has 0 fully saturated rings. The van der Waals surface area contributed by atoms with Gasteiger partial charge in [-0.05, 0) is 18.2 Å². The summed E-state index contributed by atoms with van der Waals surface area (Å²) in [6.07, 6.45) is 0. The number of anilines is 2. The van der Waals surface area contributed by atoms with Crippen molar-refractivity contribution in [1.82, 2.24) is 4.98 Å². The first-order valence-electron chi connectivity index (χ1n) is 9.65. The highest BCUT2D eigenvalue weighted by atomic mass is 32.1. The van der Waals surface area contributed by atoms with Gasteiger partial charge in [0.15, 0.2) is 5.13 Å². The van der Waals surface area contributed by atoms with Gasteiger partial charge in [-0.2, -0.15) is 0 Å². The number of rotatable bonds is 7. The number of fused-ring (bicyclic) bond motifs is 1. The third-order valence-corrected chi connectivity index (χ3v) is 5.54. The van der Waals surface area contributed by atoms with E-state index >= 15 is 0 Å². The molecule has 0 aliphatic heterocycles. The third-order valence-electron chi connectivity index (χ3n) is 4.66. The largest absolute Gasteiger partial charge is 0.453 e. The van der Waals surface area contributed by atoms with Gasteiger partial charge in [-0.1, -0.05) is 30.3 Å². The van der Waals surface area contributed by atoms with E-state index in [-0.39, 0.29) is 35.7 Å². The molecule has 32 heavy (non-hydrogen) atoms. The number of aromatic nitrogens is 1. The van der Waals surface area contributed by atoms with Crippen molar-refractivity contribution in [3.63, 3.8) is 0 Å². The summed E-state index contributed by atoms with van der Waals surface area (Å²) in [5, 5.41) is 2.70. The van der Waals surface area contributed by atoms with Crippen LogP contribution in [0.4, 0.5) is 15.2 Å². The number of furan rings is 1. The zero-order chi connectivity index (χ0) is 22.7. The summed E-state index contributed by atoms with van der Waals surface area (Å²) >= 11 is 1.14. The number of halogens is 1. The maximum Gasteiger partial charge on any atom is 0.375 e. The molecular weight excluding hydrogens is 435 g/mol. The molecular formula is C23H19FN2O5S. The molecule has 2 aromatic carbocycles. The molecule has 0 aliphatic rings. The number of thiazole rings is 1. The lowest BCUT2D eigenvalue weighted by Crippen LogP contribution is -2.23. The number of esters is 1. The van der Waals surface area contributed by atoms with Crippen LogP contribution in [-0.4, -0.2) is 24.0 Å². The van der Waals surface area contributed by atoms with E-state index < -0.39 is 11.8 Å². The molecule has 2 aromatic heterocycles. The fourth-order valence-corrected chi connectivity index (χ4v) is 4.13. The molecule has 0 aliphatic carbocycles. The molecule has 0 N–H and O–H groups in total. The molecule has 0 saturated heterocycles. The van der Waals surface area contributed by atoms with E-state index in [0.717, 1.165) is 16.7 Å². The fourth-order valence-electron chi connectivity index (χ4n) is 3.26. The molecule has 4 aromatic rings. The Kier molecular flexibility index (Phi) is 6.29. The fraction of sp³-hybridized carbons (Fsp3) is 0.174. The number of para-hydroxylation sites is 2. The van der Waals surface area contributed by atoms with E-state index in [4.69, 9.17) is 13.9 Å². The summed E-state index contributed by atoms with van der Waals surface area (Å²) in [6, 6.07) is 13.2. The van der Waals surface area contributed by atoms with Gasteiger partial charge in [0.25, 0.3) is 0 Å². The summed E-state index contributed by atoms with van der Waals surface area (Å²) in [5.74, 6) is -1.51. The van der Waals surface area contributed by atoms with E-state index in [1.807, 2.05) is 18.2 Å². The van der Waals surface area contributed by atoms with Crippen molar-refractivity contribution in [2.45, 2.75) is 20.1 Å². The minimum absolute atomic E-state index is 0.0697. The number of ether oxygens (including phenoxy) is 2. The Morgan fingerprint density at radius 3 is 2.62 bits per heavy atom. The third kappa shape index (κ3) is 4.25. The summed E-state index contributed by atoms with van der Waals surface area (Å²) in [7, 11) is 1.53. The first-order valence-corrected chi connectivity index (χ1v) is 10.5. The SMILES string of the molecule is COCc1c(C(=O)OCc2csc(N(C(C)=O)c3ccccc3F)n2)oc2ccccc12. The van der Waals surface area contributed by atoms with Gasteiger partial charge >= 0.3 is 5.97 Å². The molecule has 2 heterocycles. The lowest BCUT2D eigenvalue weighted by molar-refractivity contribution is -0.115. The number of benzene rings is 2. The molecule has 9 heteroatoms. The zero-order valence-corrected chi connectivity index (χ0v) is 18.1. The normalized spacial score (nSPS) is 11.0. The van der Waals surface area contributed by atoms with E-state index in [1.54, 1.807) is 23.6 Å². The van der Waals surface area contributed by atoms with Crippen molar-refractivity contribution in [2.24, 2.45) is 0 Å². The standard InChI is InChI=1S/C23H19FN2O5S/c1-14(27)26(19-9-5-4-8-18(19)24)23-25-15(13-32-23)11-30-22(28)21-17(12-29-2)16-7-3-6-10-20(16)31-21/h3-10,13H,11-12H2,1-2H3. The second kappa shape index (κ2) is 9.29. The van der Waals surface area contributed by atoms with Gasteiger partial charge < -0.3 is 13.9 Å². The Bertz CT molecular complexity index is 1280. The summed E-state index contributed by atoms with van der Waals surface area (Å²) < 4.78 is 30.5. The highest BCUT2D eigenvalue weighted by Gasteiger charge is 2.24. The van der Waals surface area contributed by atoms with E-state index in [9.17, 15) is 14.0 Å². The number of carbonyl (C=O) groups excluding carboxylic acids is 2. The van der Waals surface area contributed by atoms with Gasteiger partial charge in [-0.25, -0.2) is 14.2 Å². The van der Waals surface area contributed by atoms with Gasteiger partial charge in [-0.15, -0.1) is 11.3 Å². The van der Waals surface area contributed by atoms with Crippen molar-refractivity contribution < 1.29 is 27.9 Å². The molecule has 0 spiro atoms. The quantitative estimate of drug-likeness (QED) is 0.356. The number of hydrogen-bond acceptors (Lipinski definition) is 7. The average Bonchev–Trinajstić information content (AvgIpc) is 3.39. The number of carbonyl (C=O) groups is 2. The molecule has 0 radical (unpaired) electrons. The number of amides is 1. The molecule has 0 saturated carbocycles. The number of methoxy groups -OCH3 is 1. The van der Waals surface area contributed by atoms with Crippen molar-refractivity contribution in [1.29, 1.82) is 0 Å². The van der Waals surface area contributed by atoms with E-state index in [2.05, 4.69) is 4.98 Å². The minimum atomic E-state index is -0.652. The topological polar surface area (TPSA) is 81.9 Å². The van der Waals surface area contributed by atoms with Crippen LogP contribution in [0.3, 0.4) is 0 Å². The van der Waals surface area contributed by atoms with Crippen LogP contribution in [0.15, 0.2) is 58.3 Å². The van der Waals surface area contributed by atoms with Gasteiger partial charge in [0, 0.05) is 30.4 Å². The summed E-state index contributed by atoms with van der Waals surface area (Å²) in [4.78, 5) is 30.4. The Labute approximate surface area is 187 Å². The van der Waals surface area contributed by atoms with E-state index in [1.165, 1.54) is 31.1 Å². The molecule has 164 valence electrons. The Morgan fingerprint density at radius 2 is 1.88 bits per heavy atom. The van der Waals surface area contributed by atoms with Crippen LogP contribution in [0, 0.1) is 5.82 Å². The highest BCUT2D eigenvalue weighted by Crippen LogP contribution is 2.31. The monoisotopic (exact) mass is 454 g/mol. The second-order valence-electron chi connectivity index (χ2n) is 6.84. The predicted molar refractivity (Wildman–Crippen MR) is 117 cm³/mol. The smallest absolute Gasteiger partial charge is 0.375 e. The van der Waals surface area contributed by atoms with Gasteiger partial charge in [-0.3, -0.25) is 9.69 Å². The van der Waals surface area contributed by atoms with Crippen molar-refractivity contribution >= 4 is 45.0 Å². The van der Waals surface area contributed by atoms with Crippen molar-refractivity contribution in [2.75, 3.05) is 12.0 Å². The highest BCUT2D eigenvalue weighted by molar-refractivity contribution is 7.14.